The molecule has 0 aliphatic heterocycles. The van der Waals surface area contributed by atoms with Crippen molar-refractivity contribution in [2.24, 2.45) is 0 Å². The lowest BCUT2D eigenvalue weighted by Crippen LogP contribution is -2.40. The Hall–Kier alpha value is -1.58. The molecule has 0 aromatic rings. The molecule has 47 heavy (non-hydrogen) atoms. The van der Waals surface area contributed by atoms with Crippen LogP contribution in [0.25, 0.3) is 0 Å². The molecule has 0 aromatic heterocycles. The number of hydrogen-bond acceptors (Lipinski definition) is 2. The second kappa shape index (κ2) is 38.9. The van der Waals surface area contributed by atoms with Crippen LogP contribution in [0.2, 0.25) is 0 Å². The fourth-order valence-electron chi connectivity index (χ4n) is 6.30. The molecule has 0 rings (SSSR count). The lowest BCUT2D eigenvalue weighted by molar-refractivity contribution is -0.118. The molecule has 4 heteroatoms. The summed E-state index contributed by atoms with van der Waals surface area (Å²) in [4.78, 5) is 24.3. The number of hydrogen-bond donors (Lipinski definition) is 2. The first-order valence-corrected chi connectivity index (χ1v) is 21.0. The number of unbranched alkanes of at least 4 members (excludes halogenated alkanes) is 30. The number of amides is 2. The largest absolute Gasteiger partial charge is 0.351 e. The van der Waals surface area contributed by atoms with Crippen LogP contribution in [0.1, 0.15) is 226 Å². The van der Waals surface area contributed by atoms with Gasteiger partial charge in [-0.05, 0) is 44.8 Å². The third-order valence-electron chi connectivity index (χ3n) is 9.46. The molecule has 0 fully saturated rings. The number of carbonyl (C=O) groups excluding carboxylic acids is 2. The molecule has 0 aromatic carbocycles. The summed E-state index contributed by atoms with van der Waals surface area (Å²) < 4.78 is 0. The highest BCUT2D eigenvalue weighted by Crippen LogP contribution is 2.15. The smallest absolute Gasteiger partial charge is 0.243 e. The van der Waals surface area contributed by atoms with Crippen LogP contribution in [-0.2, 0) is 9.59 Å². The molecule has 1 atom stereocenters. The van der Waals surface area contributed by atoms with Gasteiger partial charge in [0.2, 0.25) is 11.8 Å². The van der Waals surface area contributed by atoms with E-state index in [0.717, 1.165) is 25.7 Å². The monoisotopic (exact) mass is 659 g/mol. The van der Waals surface area contributed by atoms with Crippen LogP contribution in [0.4, 0.5) is 0 Å². The SMILES string of the molecule is CCCCCCCCCCCCCCCCCC=CC(=O)NCC(C)NC(=O)C=CCCCCCCCCCCCCCCCCC. The van der Waals surface area contributed by atoms with Crippen molar-refractivity contribution < 1.29 is 9.59 Å². The van der Waals surface area contributed by atoms with Crippen molar-refractivity contribution in [3.8, 4) is 0 Å². The molecular formula is C43H82N2O2. The number of carbonyl (C=O) groups is 2. The first-order valence-electron chi connectivity index (χ1n) is 21.0. The molecule has 0 bridgehead atoms. The van der Waals surface area contributed by atoms with Gasteiger partial charge in [0.25, 0.3) is 0 Å². The van der Waals surface area contributed by atoms with Gasteiger partial charge in [-0.15, -0.1) is 0 Å². The van der Waals surface area contributed by atoms with E-state index >= 15 is 0 Å². The standard InChI is InChI=1S/C43H82N2O2/c1-4-6-8-10-12-14-16-18-20-22-24-26-28-30-32-34-36-38-42(46)44-40-41(3)45-43(47)39-37-35-33-31-29-27-25-23-21-19-17-15-13-11-9-7-5-2/h36-39,41H,4-35,40H2,1-3H3,(H,44,46)(H,45,47). The first-order chi connectivity index (χ1) is 23.1. The number of allylic oxidation sites excluding steroid dienone is 2. The van der Waals surface area contributed by atoms with Crippen LogP contribution in [0.3, 0.4) is 0 Å². The van der Waals surface area contributed by atoms with Crippen molar-refractivity contribution in [2.75, 3.05) is 6.54 Å². The minimum atomic E-state index is -0.0918. The zero-order chi connectivity index (χ0) is 34.3. The second-order valence-electron chi connectivity index (χ2n) is 14.4. The quantitative estimate of drug-likeness (QED) is 0.0515. The summed E-state index contributed by atoms with van der Waals surface area (Å²) in [5, 5.41) is 5.85. The maximum absolute atomic E-state index is 12.2. The topological polar surface area (TPSA) is 58.2 Å². The van der Waals surface area contributed by atoms with Crippen molar-refractivity contribution in [2.45, 2.75) is 232 Å². The Labute approximate surface area is 294 Å². The van der Waals surface area contributed by atoms with Gasteiger partial charge in [-0.2, -0.15) is 0 Å². The molecule has 1 unspecified atom stereocenters. The second-order valence-corrected chi connectivity index (χ2v) is 14.4. The highest BCUT2D eigenvalue weighted by Gasteiger charge is 2.05. The highest BCUT2D eigenvalue weighted by atomic mass is 16.2. The van der Waals surface area contributed by atoms with Crippen molar-refractivity contribution in [3.63, 3.8) is 0 Å². The molecule has 0 spiro atoms. The molecule has 2 N–H and O–H groups in total. The Bertz CT molecular complexity index is 717. The van der Waals surface area contributed by atoms with E-state index in [1.807, 2.05) is 19.1 Å². The van der Waals surface area contributed by atoms with Crippen molar-refractivity contribution in [1.29, 1.82) is 0 Å². The fourth-order valence-corrected chi connectivity index (χ4v) is 6.30. The Morgan fingerprint density at radius 3 is 1.02 bits per heavy atom. The minimum Gasteiger partial charge on any atom is -0.351 e. The van der Waals surface area contributed by atoms with Crippen molar-refractivity contribution in [1.82, 2.24) is 10.6 Å². The molecule has 276 valence electrons. The van der Waals surface area contributed by atoms with Crippen LogP contribution in [0.5, 0.6) is 0 Å². The molecule has 0 aliphatic carbocycles. The molecule has 2 amide bonds. The Morgan fingerprint density at radius 1 is 0.426 bits per heavy atom. The molecule has 0 aliphatic rings. The lowest BCUT2D eigenvalue weighted by Gasteiger charge is -2.12. The van der Waals surface area contributed by atoms with E-state index in [9.17, 15) is 9.59 Å². The first kappa shape index (κ1) is 45.4. The van der Waals surface area contributed by atoms with Crippen molar-refractivity contribution in [3.05, 3.63) is 24.3 Å². The third kappa shape index (κ3) is 38.7. The average Bonchev–Trinajstić information content (AvgIpc) is 3.06. The van der Waals surface area contributed by atoms with Gasteiger partial charge in [-0.25, -0.2) is 0 Å². The predicted octanol–water partition coefficient (Wildman–Crippen LogP) is 13.2. The van der Waals surface area contributed by atoms with Gasteiger partial charge in [-0.3, -0.25) is 9.59 Å². The van der Waals surface area contributed by atoms with E-state index < -0.39 is 0 Å². The molecule has 0 saturated carbocycles. The summed E-state index contributed by atoms with van der Waals surface area (Å²) in [6.45, 7) is 6.94. The normalized spacial score (nSPS) is 12.3. The predicted molar refractivity (Wildman–Crippen MR) is 208 cm³/mol. The van der Waals surface area contributed by atoms with Gasteiger partial charge < -0.3 is 10.6 Å². The van der Waals surface area contributed by atoms with Crippen LogP contribution < -0.4 is 10.6 Å². The summed E-state index contributed by atoms with van der Waals surface area (Å²) in [6, 6.07) is -0.0918. The van der Waals surface area contributed by atoms with E-state index in [0.29, 0.717) is 6.54 Å². The summed E-state index contributed by atoms with van der Waals surface area (Å²) in [5.74, 6) is -0.146. The van der Waals surface area contributed by atoms with Gasteiger partial charge in [-0.1, -0.05) is 206 Å². The van der Waals surface area contributed by atoms with Crippen LogP contribution in [0, 0.1) is 0 Å². The maximum Gasteiger partial charge on any atom is 0.243 e. The van der Waals surface area contributed by atoms with E-state index in [4.69, 9.17) is 0 Å². The zero-order valence-electron chi connectivity index (χ0n) is 32.0. The average molecular weight is 659 g/mol. The highest BCUT2D eigenvalue weighted by molar-refractivity contribution is 5.88. The molecule has 4 nitrogen and oxygen atoms in total. The molecule has 0 saturated heterocycles. The van der Waals surface area contributed by atoms with E-state index in [1.165, 1.54) is 180 Å². The van der Waals surface area contributed by atoms with E-state index in [-0.39, 0.29) is 17.9 Å². The summed E-state index contributed by atoms with van der Waals surface area (Å²) in [5.41, 5.74) is 0. The summed E-state index contributed by atoms with van der Waals surface area (Å²) in [6.07, 6.45) is 50.3. The van der Waals surface area contributed by atoms with Crippen LogP contribution in [-0.4, -0.2) is 24.4 Å². The third-order valence-corrected chi connectivity index (χ3v) is 9.46. The number of rotatable bonds is 37. The van der Waals surface area contributed by atoms with Gasteiger partial charge in [0.15, 0.2) is 0 Å². The van der Waals surface area contributed by atoms with Gasteiger partial charge >= 0.3 is 0 Å². The van der Waals surface area contributed by atoms with Crippen LogP contribution >= 0.6 is 0 Å². The van der Waals surface area contributed by atoms with Gasteiger partial charge in [0.05, 0.1) is 0 Å². The fraction of sp³-hybridized carbons (Fsp3) is 0.860. The molecule has 0 radical (unpaired) electrons. The zero-order valence-corrected chi connectivity index (χ0v) is 32.0. The Kier molecular flexibility index (Phi) is 37.6. The summed E-state index contributed by atoms with van der Waals surface area (Å²) >= 11 is 0. The van der Waals surface area contributed by atoms with Gasteiger partial charge in [0, 0.05) is 12.6 Å². The Morgan fingerprint density at radius 2 is 0.702 bits per heavy atom. The number of nitrogens with one attached hydrogen (secondary N) is 2. The van der Waals surface area contributed by atoms with E-state index in [1.54, 1.807) is 12.2 Å². The Balaban J connectivity index is 3.49. The minimum absolute atomic E-state index is 0.0728. The lowest BCUT2D eigenvalue weighted by atomic mass is 10.0. The van der Waals surface area contributed by atoms with Crippen molar-refractivity contribution >= 4 is 11.8 Å². The molecular weight excluding hydrogens is 576 g/mol. The molecule has 0 heterocycles. The van der Waals surface area contributed by atoms with Gasteiger partial charge in [0.1, 0.15) is 0 Å². The summed E-state index contributed by atoms with van der Waals surface area (Å²) in [7, 11) is 0. The van der Waals surface area contributed by atoms with Crippen LogP contribution in [0.15, 0.2) is 24.3 Å². The van der Waals surface area contributed by atoms with E-state index in [2.05, 4.69) is 24.5 Å². The maximum atomic E-state index is 12.2.